The average molecular weight is 512 g/mol. The van der Waals surface area contributed by atoms with Crippen LogP contribution < -0.4 is 10.1 Å². The number of rotatable bonds is 6. The number of anilines is 1. The zero-order chi connectivity index (χ0) is 24.5. The molecule has 2 aromatic heterocycles. The maximum atomic E-state index is 13.3. The lowest BCUT2D eigenvalue weighted by Gasteiger charge is -2.25. The molecule has 0 spiro atoms. The predicted molar refractivity (Wildman–Crippen MR) is 148 cm³/mol. The van der Waals surface area contributed by atoms with Gasteiger partial charge in [-0.2, -0.15) is 0 Å². The molecule has 7 heteroatoms. The van der Waals surface area contributed by atoms with Gasteiger partial charge in [-0.25, -0.2) is 4.98 Å². The quantitative estimate of drug-likeness (QED) is 0.257. The molecule has 0 atom stereocenters. The lowest BCUT2D eigenvalue weighted by Crippen LogP contribution is -2.29. The van der Waals surface area contributed by atoms with Gasteiger partial charge in [0, 0.05) is 29.1 Å². The highest BCUT2D eigenvalue weighted by Gasteiger charge is 2.27. The van der Waals surface area contributed by atoms with Crippen LogP contribution in [0.3, 0.4) is 0 Å². The van der Waals surface area contributed by atoms with Gasteiger partial charge in [0.25, 0.3) is 5.91 Å². The molecule has 0 bridgehead atoms. The second-order valence-electron chi connectivity index (χ2n) is 8.71. The van der Waals surface area contributed by atoms with E-state index in [0.29, 0.717) is 11.3 Å². The van der Waals surface area contributed by atoms with Crippen molar-refractivity contribution < 1.29 is 9.53 Å². The van der Waals surface area contributed by atoms with Crippen LogP contribution in [0.5, 0.6) is 11.5 Å². The van der Waals surface area contributed by atoms with E-state index >= 15 is 0 Å². The number of fused-ring (bicyclic) bond motifs is 2. The summed E-state index contributed by atoms with van der Waals surface area (Å²) < 4.78 is 7.03. The topological polar surface area (TPSA) is 54.5 Å². The Labute approximate surface area is 218 Å². The first-order valence-electron chi connectivity index (χ1n) is 12.0. The Balaban J connectivity index is 1.30. The summed E-state index contributed by atoms with van der Waals surface area (Å²) in [6.07, 6.45) is 0.965. The average Bonchev–Trinajstić information content (AvgIpc) is 3.49. The fourth-order valence-electron chi connectivity index (χ4n) is 4.49. The van der Waals surface area contributed by atoms with Crippen molar-refractivity contribution in [1.82, 2.24) is 9.88 Å². The minimum absolute atomic E-state index is 0.130. The number of benzene rings is 3. The summed E-state index contributed by atoms with van der Waals surface area (Å²) in [5.41, 5.74) is 4.00. The van der Waals surface area contributed by atoms with Crippen molar-refractivity contribution in [2.45, 2.75) is 19.9 Å². The van der Waals surface area contributed by atoms with Crippen LogP contribution in [0.1, 0.15) is 27.7 Å². The van der Waals surface area contributed by atoms with Crippen LogP contribution in [0, 0.1) is 0 Å². The van der Waals surface area contributed by atoms with Gasteiger partial charge in [0.15, 0.2) is 0 Å². The van der Waals surface area contributed by atoms with Crippen LogP contribution in [0.2, 0.25) is 0 Å². The molecule has 0 radical (unpaired) electrons. The summed E-state index contributed by atoms with van der Waals surface area (Å²) >= 11 is 3.37. The van der Waals surface area contributed by atoms with E-state index in [2.05, 4.69) is 23.2 Å². The summed E-state index contributed by atoms with van der Waals surface area (Å²) in [7, 11) is 0. The van der Waals surface area contributed by atoms with E-state index < -0.39 is 0 Å². The molecule has 6 rings (SSSR count). The van der Waals surface area contributed by atoms with E-state index in [-0.39, 0.29) is 5.91 Å². The molecule has 1 N–H and O–H groups in total. The predicted octanol–water partition coefficient (Wildman–Crippen LogP) is 7.45. The van der Waals surface area contributed by atoms with E-state index in [4.69, 9.17) is 9.72 Å². The molecule has 1 amide bonds. The monoisotopic (exact) mass is 511 g/mol. The van der Waals surface area contributed by atoms with Crippen molar-refractivity contribution in [3.05, 3.63) is 94.9 Å². The summed E-state index contributed by atoms with van der Waals surface area (Å²) in [6.45, 7) is 5.15. The van der Waals surface area contributed by atoms with Gasteiger partial charge in [-0.3, -0.25) is 9.69 Å². The molecular weight excluding hydrogens is 486 g/mol. The van der Waals surface area contributed by atoms with Gasteiger partial charge in [0.1, 0.15) is 21.5 Å². The molecule has 3 heterocycles. The number of carbonyl (C=O) groups is 1. The van der Waals surface area contributed by atoms with Gasteiger partial charge < -0.3 is 10.1 Å². The van der Waals surface area contributed by atoms with Crippen molar-refractivity contribution in [1.29, 1.82) is 0 Å². The van der Waals surface area contributed by atoms with Crippen molar-refractivity contribution in [3.8, 4) is 22.1 Å². The fourth-order valence-corrected chi connectivity index (χ4v) is 6.89. The number of likely N-dealkylation sites (N-methyl/N-ethyl adjacent to an activating group) is 1. The number of hydrogen-bond acceptors (Lipinski definition) is 6. The van der Waals surface area contributed by atoms with E-state index in [0.717, 1.165) is 57.6 Å². The highest BCUT2D eigenvalue weighted by molar-refractivity contribution is 7.23. The molecule has 5 aromatic rings. The van der Waals surface area contributed by atoms with Crippen LogP contribution in [0.4, 0.5) is 5.00 Å². The lowest BCUT2D eigenvalue weighted by atomic mass is 10.0. The van der Waals surface area contributed by atoms with Gasteiger partial charge in [-0.05, 0) is 67.1 Å². The number of nitrogens with one attached hydrogen (secondary N) is 1. The summed E-state index contributed by atoms with van der Waals surface area (Å²) in [5, 5.41) is 5.07. The third kappa shape index (κ3) is 4.53. The first-order chi connectivity index (χ1) is 17.7. The zero-order valence-corrected chi connectivity index (χ0v) is 21.5. The molecular formula is C29H25N3O2S2. The molecule has 1 aliphatic heterocycles. The van der Waals surface area contributed by atoms with Crippen LogP contribution in [-0.2, 0) is 13.0 Å². The van der Waals surface area contributed by atoms with E-state index in [1.165, 1.54) is 10.4 Å². The van der Waals surface area contributed by atoms with Crippen molar-refractivity contribution in [2.24, 2.45) is 0 Å². The second kappa shape index (κ2) is 9.85. The van der Waals surface area contributed by atoms with Gasteiger partial charge in [0.2, 0.25) is 0 Å². The number of hydrogen-bond donors (Lipinski definition) is 1. The van der Waals surface area contributed by atoms with Crippen molar-refractivity contribution >= 4 is 43.8 Å². The van der Waals surface area contributed by atoms with E-state index in [9.17, 15) is 4.79 Å². The minimum Gasteiger partial charge on any atom is -0.457 e. The van der Waals surface area contributed by atoms with Crippen LogP contribution >= 0.6 is 22.7 Å². The van der Waals surface area contributed by atoms with Gasteiger partial charge in [-0.1, -0.05) is 37.3 Å². The van der Waals surface area contributed by atoms with E-state index in [1.54, 1.807) is 34.8 Å². The minimum atomic E-state index is -0.130. The van der Waals surface area contributed by atoms with E-state index in [1.807, 2.05) is 60.7 Å². The Morgan fingerprint density at radius 1 is 0.972 bits per heavy atom. The number of carbonyl (C=O) groups excluding carboxylic acids is 1. The number of thiophene rings is 1. The Kier molecular flexibility index (Phi) is 6.27. The normalized spacial score (nSPS) is 13.5. The molecule has 0 unspecified atom stereocenters. The third-order valence-corrected chi connectivity index (χ3v) is 8.60. The first kappa shape index (κ1) is 22.9. The molecule has 5 nitrogen and oxygen atoms in total. The van der Waals surface area contributed by atoms with Gasteiger partial charge >= 0.3 is 0 Å². The van der Waals surface area contributed by atoms with Crippen LogP contribution in [0.15, 0.2) is 78.9 Å². The molecule has 180 valence electrons. The number of aromatic nitrogens is 1. The Bertz CT molecular complexity index is 1490. The number of para-hydroxylation sites is 2. The second-order valence-corrected chi connectivity index (χ2v) is 10.8. The molecule has 1 aliphatic rings. The maximum Gasteiger partial charge on any atom is 0.256 e. The van der Waals surface area contributed by atoms with Gasteiger partial charge in [-0.15, -0.1) is 22.7 Å². The molecule has 0 saturated heterocycles. The number of ether oxygens (including phenoxy) is 1. The Hall–Kier alpha value is -3.52. The summed E-state index contributed by atoms with van der Waals surface area (Å²) in [5.74, 6) is 1.33. The van der Waals surface area contributed by atoms with Crippen molar-refractivity contribution in [2.75, 3.05) is 18.4 Å². The maximum absolute atomic E-state index is 13.3. The standard InChI is InChI=1S/C29H25N3O2S2/c1-2-32-17-16-22-25(18-32)36-29(26(22)28-30-23-10-6-7-11-24(23)35-28)31-27(33)19-12-14-21(15-13-19)34-20-8-4-3-5-9-20/h3-15H,2,16-18H2,1H3,(H,31,33). The molecule has 3 aromatic carbocycles. The zero-order valence-electron chi connectivity index (χ0n) is 19.9. The Morgan fingerprint density at radius 2 is 1.72 bits per heavy atom. The largest absolute Gasteiger partial charge is 0.457 e. The molecule has 36 heavy (non-hydrogen) atoms. The highest BCUT2D eigenvalue weighted by atomic mass is 32.1. The van der Waals surface area contributed by atoms with Crippen LogP contribution in [-0.4, -0.2) is 28.9 Å². The number of thiazole rings is 1. The summed E-state index contributed by atoms with van der Waals surface area (Å²) in [6, 6.07) is 25.1. The SMILES string of the molecule is CCN1CCc2c(sc(NC(=O)c3ccc(Oc4ccccc4)cc3)c2-c2nc3ccccc3s2)C1. The van der Waals surface area contributed by atoms with Gasteiger partial charge in [0.05, 0.1) is 10.2 Å². The number of amides is 1. The smallest absolute Gasteiger partial charge is 0.256 e. The first-order valence-corrected chi connectivity index (χ1v) is 13.7. The molecule has 0 aliphatic carbocycles. The third-order valence-electron chi connectivity index (χ3n) is 6.41. The fraction of sp³-hybridized carbons (Fsp3) is 0.172. The summed E-state index contributed by atoms with van der Waals surface area (Å²) in [4.78, 5) is 22.0. The van der Waals surface area contributed by atoms with Crippen LogP contribution in [0.25, 0.3) is 20.8 Å². The molecule has 0 saturated carbocycles. The Morgan fingerprint density at radius 3 is 2.50 bits per heavy atom. The highest BCUT2D eigenvalue weighted by Crippen LogP contribution is 2.45. The number of nitrogens with zero attached hydrogens (tertiary/aromatic N) is 2. The van der Waals surface area contributed by atoms with Crippen molar-refractivity contribution in [3.63, 3.8) is 0 Å². The lowest BCUT2D eigenvalue weighted by molar-refractivity contribution is 0.102. The molecule has 0 fully saturated rings.